The number of hydrogen-bond donors (Lipinski definition) is 1. The summed E-state index contributed by atoms with van der Waals surface area (Å²) in [5.41, 5.74) is 2.45. The lowest BCUT2D eigenvalue weighted by atomic mass is 10.2. The Labute approximate surface area is 94.3 Å². The molecule has 0 amide bonds. The SMILES string of the molecule is Cc1nc2sc3c(n2c1Br)CCCN3. The topological polar surface area (TPSA) is 29.3 Å². The van der Waals surface area contributed by atoms with E-state index in [4.69, 9.17) is 0 Å². The third-order valence-electron chi connectivity index (χ3n) is 2.55. The lowest BCUT2D eigenvalue weighted by Gasteiger charge is -2.13. The van der Waals surface area contributed by atoms with E-state index < -0.39 is 0 Å². The summed E-state index contributed by atoms with van der Waals surface area (Å²) in [4.78, 5) is 5.60. The number of halogens is 1. The van der Waals surface area contributed by atoms with Crippen LogP contribution in [-0.4, -0.2) is 15.9 Å². The van der Waals surface area contributed by atoms with Crippen LogP contribution in [0.1, 0.15) is 17.8 Å². The van der Waals surface area contributed by atoms with Gasteiger partial charge in [-0.25, -0.2) is 4.98 Å². The average molecular weight is 272 g/mol. The summed E-state index contributed by atoms with van der Waals surface area (Å²) in [5, 5.41) is 4.71. The number of anilines is 1. The number of aromatic nitrogens is 2. The molecule has 0 saturated carbocycles. The summed E-state index contributed by atoms with van der Waals surface area (Å²) in [5.74, 6) is 0. The predicted molar refractivity (Wildman–Crippen MR) is 62.3 cm³/mol. The maximum atomic E-state index is 4.51. The quantitative estimate of drug-likeness (QED) is 0.799. The first-order valence-corrected chi connectivity index (χ1v) is 6.28. The first kappa shape index (κ1) is 8.73. The van der Waals surface area contributed by atoms with Crippen molar-refractivity contribution >= 4 is 37.2 Å². The van der Waals surface area contributed by atoms with Crippen LogP contribution in [0.3, 0.4) is 0 Å². The van der Waals surface area contributed by atoms with Gasteiger partial charge in [-0.1, -0.05) is 11.3 Å². The van der Waals surface area contributed by atoms with Crippen LogP contribution < -0.4 is 5.32 Å². The molecule has 2 aromatic rings. The van der Waals surface area contributed by atoms with Gasteiger partial charge in [-0.3, -0.25) is 4.40 Å². The largest absolute Gasteiger partial charge is 0.375 e. The van der Waals surface area contributed by atoms with Crippen molar-refractivity contribution in [3.8, 4) is 0 Å². The molecule has 1 N–H and O–H groups in total. The van der Waals surface area contributed by atoms with E-state index in [1.165, 1.54) is 17.1 Å². The molecule has 0 aromatic carbocycles. The normalized spacial score (nSPS) is 15.6. The number of fused-ring (bicyclic) bond motifs is 3. The van der Waals surface area contributed by atoms with Crippen molar-refractivity contribution in [3.63, 3.8) is 0 Å². The second kappa shape index (κ2) is 2.97. The second-order valence-corrected chi connectivity index (χ2v) is 5.24. The Morgan fingerprint density at radius 2 is 2.43 bits per heavy atom. The zero-order valence-corrected chi connectivity index (χ0v) is 10.2. The van der Waals surface area contributed by atoms with Crippen LogP contribution in [0.2, 0.25) is 0 Å². The summed E-state index contributed by atoms with van der Waals surface area (Å²) in [7, 11) is 0. The Hall–Kier alpha value is -0.550. The lowest BCUT2D eigenvalue weighted by Crippen LogP contribution is -2.11. The van der Waals surface area contributed by atoms with Crippen molar-refractivity contribution in [1.82, 2.24) is 9.38 Å². The standard InChI is InChI=1S/C9H10BrN3S/c1-5-7(10)13-6-3-2-4-11-8(6)14-9(13)12-5/h11H,2-4H2,1H3. The van der Waals surface area contributed by atoms with E-state index in [1.54, 1.807) is 11.3 Å². The van der Waals surface area contributed by atoms with Crippen LogP contribution in [0.4, 0.5) is 5.00 Å². The molecule has 3 nitrogen and oxygen atoms in total. The summed E-state index contributed by atoms with van der Waals surface area (Å²) in [6.07, 6.45) is 2.36. The van der Waals surface area contributed by atoms with Crippen LogP contribution in [-0.2, 0) is 6.42 Å². The maximum Gasteiger partial charge on any atom is 0.197 e. The Morgan fingerprint density at radius 3 is 3.29 bits per heavy atom. The molecular formula is C9H10BrN3S. The van der Waals surface area contributed by atoms with E-state index in [1.807, 2.05) is 6.92 Å². The highest BCUT2D eigenvalue weighted by Gasteiger charge is 2.19. The van der Waals surface area contributed by atoms with E-state index in [2.05, 4.69) is 30.6 Å². The highest BCUT2D eigenvalue weighted by Crippen LogP contribution is 2.35. The van der Waals surface area contributed by atoms with Crippen molar-refractivity contribution in [2.24, 2.45) is 0 Å². The molecule has 0 atom stereocenters. The highest BCUT2D eigenvalue weighted by molar-refractivity contribution is 9.10. The van der Waals surface area contributed by atoms with Crippen LogP contribution in [0.25, 0.3) is 4.96 Å². The number of nitrogens with one attached hydrogen (secondary N) is 1. The molecule has 74 valence electrons. The van der Waals surface area contributed by atoms with E-state index >= 15 is 0 Å². The molecular weight excluding hydrogens is 262 g/mol. The number of thiazole rings is 1. The molecule has 3 rings (SSSR count). The predicted octanol–water partition coefficient (Wildman–Crippen LogP) is 2.82. The molecule has 0 fully saturated rings. The van der Waals surface area contributed by atoms with Crippen molar-refractivity contribution < 1.29 is 0 Å². The number of nitrogens with zero attached hydrogens (tertiary/aromatic N) is 2. The molecule has 0 unspecified atom stereocenters. The number of aryl methyl sites for hydroxylation is 2. The summed E-state index contributed by atoms with van der Waals surface area (Å²) in [6.45, 7) is 3.12. The molecule has 14 heavy (non-hydrogen) atoms. The lowest BCUT2D eigenvalue weighted by molar-refractivity contribution is 0.795. The summed E-state index contributed by atoms with van der Waals surface area (Å²) in [6, 6.07) is 0. The molecule has 3 heterocycles. The minimum absolute atomic E-state index is 1.07. The second-order valence-electron chi connectivity index (χ2n) is 3.51. The fourth-order valence-electron chi connectivity index (χ4n) is 1.86. The van der Waals surface area contributed by atoms with Gasteiger partial charge < -0.3 is 5.32 Å². The van der Waals surface area contributed by atoms with Crippen LogP contribution in [0, 0.1) is 6.92 Å². The van der Waals surface area contributed by atoms with E-state index in [0.29, 0.717) is 0 Å². The molecule has 1 aliphatic rings. The van der Waals surface area contributed by atoms with Crippen molar-refractivity contribution in [2.45, 2.75) is 19.8 Å². The van der Waals surface area contributed by atoms with Gasteiger partial charge in [0.05, 0.1) is 11.4 Å². The molecule has 0 aliphatic carbocycles. The van der Waals surface area contributed by atoms with Gasteiger partial charge in [0.25, 0.3) is 0 Å². The summed E-state index contributed by atoms with van der Waals surface area (Å²) < 4.78 is 3.33. The van der Waals surface area contributed by atoms with Gasteiger partial charge in [0.1, 0.15) is 9.60 Å². The fraction of sp³-hybridized carbons (Fsp3) is 0.444. The minimum Gasteiger partial charge on any atom is -0.375 e. The average Bonchev–Trinajstić information content (AvgIpc) is 2.65. The van der Waals surface area contributed by atoms with Crippen LogP contribution >= 0.6 is 27.3 Å². The Morgan fingerprint density at radius 1 is 1.57 bits per heavy atom. The third kappa shape index (κ3) is 1.05. The highest BCUT2D eigenvalue weighted by atomic mass is 79.9. The smallest absolute Gasteiger partial charge is 0.197 e. The molecule has 5 heteroatoms. The van der Waals surface area contributed by atoms with E-state index in [-0.39, 0.29) is 0 Å². The number of hydrogen-bond acceptors (Lipinski definition) is 3. The van der Waals surface area contributed by atoms with Gasteiger partial charge in [-0.2, -0.15) is 0 Å². The molecule has 1 aliphatic heterocycles. The van der Waals surface area contributed by atoms with Crippen molar-refractivity contribution in [2.75, 3.05) is 11.9 Å². The first-order chi connectivity index (χ1) is 6.77. The zero-order chi connectivity index (χ0) is 9.71. The molecule has 0 spiro atoms. The van der Waals surface area contributed by atoms with Gasteiger partial charge in [0.15, 0.2) is 4.96 Å². The van der Waals surface area contributed by atoms with Crippen molar-refractivity contribution in [1.29, 1.82) is 0 Å². The molecule has 0 saturated heterocycles. The fourth-order valence-corrected chi connectivity index (χ4v) is 3.59. The summed E-state index contributed by atoms with van der Waals surface area (Å²) >= 11 is 5.33. The van der Waals surface area contributed by atoms with Crippen molar-refractivity contribution in [3.05, 3.63) is 16.0 Å². The van der Waals surface area contributed by atoms with E-state index in [0.717, 1.165) is 28.2 Å². The number of rotatable bonds is 0. The Balaban J connectivity index is 2.36. The number of imidazole rings is 1. The van der Waals surface area contributed by atoms with Crippen LogP contribution in [0.15, 0.2) is 4.60 Å². The van der Waals surface area contributed by atoms with E-state index in [9.17, 15) is 0 Å². The molecule has 0 bridgehead atoms. The van der Waals surface area contributed by atoms with Crippen LogP contribution in [0.5, 0.6) is 0 Å². The maximum absolute atomic E-state index is 4.51. The molecule has 2 aromatic heterocycles. The Kier molecular flexibility index (Phi) is 1.85. The first-order valence-electron chi connectivity index (χ1n) is 4.67. The molecule has 0 radical (unpaired) electrons. The van der Waals surface area contributed by atoms with Gasteiger partial charge in [-0.15, -0.1) is 0 Å². The van der Waals surface area contributed by atoms with Gasteiger partial charge in [-0.05, 0) is 35.7 Å². The zero-order valence-electron chi connectivity index (χ0n) is 7.80. The van der Waals surface area contributed by atoms with Gasteiger partial charge in [0.2, 0.25) is 0 Å². The Bertz CT molecular complexity index is 500. The monoisotopic (exact) mass is 271 g/mol. The van der Waals surface area contributed by atoms with Gasteiger partial charge >= 0.3 is 0 Å². The third-order valence-corrected chi connectivity index (χ3v) is 4.52. The minimum atomic E-state index is 1.07. The van der Waals surface area contributed by atoms with Gasteiger partial charge in [0, 0.05) is 6.54 Å².